The lowest BCUT2D eigenvalue weighted by Gasteiger charge is -2.19. The van der Waals surface area contributed by atoms with E-state index in [-0.39, 0.29) is 32.8 Å². The molecule has 0 rings (SSSR count). The van der Waals surface area contributed by atoms with Gasteiger partial charge in [0.15, 0.2) is 0 Å². The number of rotatable bonds is 6. The molecule has 1 unspecified atom stereocenters. The Labute approximate surface area is 93.7 Å². The molecule has 1 atom stereocenters. The number of hydrogen-bond donors (Lipinski definition) is 4. The van der Waals surface area contributed by atoms with Gasteiger partial charge in [-0.1, -0.05) is 0 Å². The summed E-state index contributed by atoms with van der Waals surface area (Å²) in [5, 5.41) is 28.5. The zero-order chi connectivity index (χ0) is 12.6. The van der Waals surface area contributed by atoms with Crippen molar-refractivity contribution < 1.29 is 24.9 Å². The summed E-state index contributed by atoms with van der Waals surface area (Å²) in [5.74, 6) is -1.69. The third-order valence-corrected chi connectivity index (χ3v) is 1.78. The standard InChI is InChI=1S/C9H18N2O5/c1-7(14)6-10-8(15)9(16)11(2-4-12)3-5-13/h7,12-14H,2-6H2,1H3,(H,10,15). The van der Waals surface area contributed by atoms with Crippen molar-refractivity contribution in [2.45, 2.75) is 13.0 Å². The first kappa shape index (κ1) is 14.8. The fourth-order valence-electron chi connectivity index (χ4n) is 1.02. The van der Waals surface area contributed by atoms with E-state index >= 15 is 0 Å². The van der Waals surface area contributed by atoms with Crippen molar-refractivity contribution in [2.24, 2.45) is 0 Å². The largest absolute Gasteiger partial charge is 0.395 e. The van der Waals surface area contributed by atoms with Gasteiger partial charge in [0, 0.05) is 19.6 Å². The molecule has 7 heteroatoms. The highest BCUT2D eigenvalue weighted by atomic mass is 16.3. The molecule has 0 aliphatic rings. The van der Waals surface area contributed by atoms with Crippen LogP contribution in [-0.4, -0.2) is 71.0 Å². The van der Waals surface area contributed by atoms with E-state index in [0.717, 1.165) is 4.90 Å². The van der Waals surface area contributed by atoms with Gasteiger partial charge in [-0.05, 0) is 6.92 Å². The van der Waals surface area contributed by atoms with Crippen LogP contribution in [0.15, 0.2) is 0 Å². The number of hydrogen-bond acceptors (Lipinski definition) is 5. The fraction of sp³-hybridized carbons (Fsp3) is 0.778. The maximum absolute atomic E-state index is 11.4. The zero-order valence-electron chi connectivity index (χ0n) is 9.22. The van der Waals surface area contributed by atoms with Crippen molar-refractivity contribution in [2.75, 3.05) is 32.8 Å². The maximum atomic E-state index is 11.4. The molecule has 0 aliphatic carbocycles. The van der Waals surface area contributed by atoms with Gasteiger partial charge >= 0.3 is 11.8 Å². The van der Waals surface area contributed by atoms with Crippen molar-refractivity contribution in [3.8, 4) is 0 Å². The Hall–Kier alpha value is -1.18. The van der Waals surface area contributed by atoms with E-state index in [9.17, 15) is 9.59 Å². The maximum Gasteiger partial charge on any atom is 0.312 e. The summed E-state index contributed by atoms with van der Waals surface area (Å²) in [6.45, 7) is 0.870. The monoisotopic (exact) mass is 234 g/mol. The van der Waals surface area contributed by atoms with Crippen LogP contribution in [0, 0.1) is 0 Å². The van der Waals surface area contributed by atoms with E-state index in [4.69, 9.17) is 15.3 Å². The quantitative estimate of drug-likeness (QED) is 0.374. The van der Waals surface area contributed by atoms with Gasteiger partial charge in [-0.3, -0.25) is 9.59 Å². The Kier molecular flexibility index (Phi) is 7.44. The Bertz CT molecular complexity index is 226. The van der Waals surface area contributed by atoms with Crippen LogP contribution in [0.3, 0.4) is 0 Å². The predicted octanol–water partition coefficient (Wildman–Crippen LogP) is -2.70. The molecule has 94 valence electrons. The second-order valence-corrected chi connectivity index (χ2v) is 3.30. The van der Waals surface area contributed by atoms with Crippen LogP contribution in [0.4, 0.5) is 0 Å². The van der Waals surface area contributed by atoms with Gasteiger partial charge < -0.3 is 25.5 Å². The second kappa shape index (κ2) is 8.03. The third kappa shape index (κ3) is 5.64. The van der Waals surface area contributed by atoms with E-state index in [1.807, 2.05) is 0 Å². The number of nitrogens with zero attached hydrogens (tertiary/aromatic N) is 1. The Balaban J connectivity index is 4.19. The van der Waals surface area contributed by atoms with Gasteiger partial charge in [-0.15, -0.1) is 0 Å². The van der Waals surface area contributed by atoms with Crippen LogP contribution in [0.2, 0.25) is 0 Å². The molecule has 0 saturated carbocycles. The molecular weight excluding hydrogens is 216 g/mol. The normalized spacial score (nSPS) is 12.0. The van der Waals surface area contributed by atoms with E-state index < -0.39 is 17.9 Å². The molecule has 0 radical (unpaired) electrons. The topological polar surface area (TPSA) is 110 Å². The molecule has 0 aromatic carbocycles. The van der Waals surface area contributed by atoms with Crippen LogP contribution < -0.4 is 5.32 Å². The van der Waals surface area contributed by atoms with Crippen molar-refractivity contribution in [1.82, 2.24) is 10.2 Å². The average Bonchev–Trinajstić information content (AvgIpc) is 2.24. The summed E-state index contributed by atoms with van der Waals surface area (Å²) < 4.78 is 0. The fourth-order valence-corrected chi connectivity index (χ4v) is 1.02. The van der Waals surface area contributed by atoms with Gasteiger partial charge in [-0.2, -0.15) is 0 Å². The zero-order valence-corrected chi connectivity index (χ0v) is 9.22. The molecule has 7 nitrogen and oxygen atoms in total. The first-order chi connectivity index (χ1) is 7.52. The van der Waals surface area contributed by atoms with Crippen LogP contribution >= 0.6 is 0 Å². The van der Waals surface area contributed by atoms with Gasteiger partial charge in [0.25, 0.3) is 0 Å². The van der Waals surface area contributed by atoms with Gasteiger partial charge in [-0.25, -0.2) is 0 Å². The summed E-state index contributed by atoms with van der Waals surface area (Å²) in [7, 11) is 0. The lowest BCUT2D eigenvalue weighted by atomic mass is 10.3. The van der Waals surface area contributed by atoms with Crippen molar-refractivity contribution in [1.29, 1.82) is 0 Å². The molecule has 2 amide bonds. The molecule has 0 aliphatic heterocycles. The van der Waals surface area contributed by atoms with E-state index in [1.54, 1.807) is 0 Å². The molecule has 0 bridgehead atoms. The summed E-state index contributed by atoms with van der Waals surface area (Å²) in [4.78, 5) is 23.7. The molecule has 4 N–H and O–H groups in total. The minimum atomic E-state index is -0.859. The van der Waals surface area contributed by atoms with E-state index in [1.165, 1.54) is 6.92 Å². The minimum Gasteiger partial charge on any atom is -0.395 e. The molecule has 0 aromatic heterocycles. The van der Waals surface area contributed by atoms with Crippen molar-refractivity contribution >= 4 is 11.8 Å². The van der Waals surface area contributed by atoms with Crippen molar-refractivity contribution in [3.05, 3.63) is 0 Å². The average molecular weight is 234 g/mol. The summed E-state index contributed by atoms with van der Waals surface area (Å²) in [5.41, 5.74) is 0. The third-order valence-electron chi connectivity index (χ3n) is 1.78. The molecule has 0 saturated heterocycles. The minimum absolute atomic E-state index is 0.0124. The first-order valence-electron chi connectivity index (χ1n) is 4.99. The van der Waals surface area contributed by atoms with Gasteiger partial charge in [0.2, 0.25) is 0 Å². The highest BCUT2D eigenvalue weighted by molar-refractivity contribution is 6.35. The predicted molar refractivity (Wildman–Crippen MR) is 55.4 cm³/mol. The molecule has 0 heterocycles. The lowest BCUT2D eigenvalue weighted by molar-refractivity contribution is -0.146. The molecule has 0 aromatic rings. The number of amides is 2. The lowest BCUT2D eigenvalue weighted by Crippen LogP contribution is -2.46. The van der Waals surface area contributed by atoms with Gasteiger partial charge in [0.1, 0.15) is 0 Å². The number of carbonyl (C=O) groups is 2. The van der Waals surface area contributed by atoms with Crippen LogP contribution in [0.25, 0.3) is 0 Å². The van der Waals surface area contributed by atoms with Crippen LogP contribution in [0.1, 0.15) is 6.92 Å². The Morgan fingerprint density at radius 3 is 2.12 bits per heavy atom. The van der Waals surface area contributed by atoms with Crippen LogP contribution in [0.5, 0.6) is 0 Å². The molecule has 0 fully saturated rings. The highest BCUT2D eigenvalue weighted by Gasteiger charge is 2.20. The van der Waals surface area contributed by atoms with Crippen LogP contribution in [-0.2, 0) is 9.59 Å². The summed E-state index contributed by atoms with van der Waals surface area (Å²) in [6, 6.07) is 0. The summed E-state index contributed by atoms with van der Waals surface area (Å²) >= 11 is 0. The smallest absolute Gasteiger partial charge is 0.312 e. The number of nitrogens with one attached hydrogen (secondary N) is 1. The number of aliphatic hydroxyl groups excluding tert-OH is 3. The highest BCUT2D eigenvalue weighted by Crippen LogP contribution is 1.90. The SMILES string of the molecule is CC(O)CNC(=O)C(=O)N(CCO)CCO. The first-order valence-corrected chi connectivity index (χ1v) is 4.99. The van der Waals surface area contributed by atoms with E-state index in [2.05, 4.69) is 5.32 Å². The molecule has 0 spiro atoms. The number of carbonyl (C=O) groups excluding carboxylic acids is 2. The Morgan fingerprint density at radius 2 is 1.75 bits per heavy atom. The molecular formula is C9H18N2O5. The second-order valence-electron chi connectivity index (χ2n) is 3.30. The van der Waals surface area contributed by atoms with Crippen molar-refractivity contribution in [3.63, 3.8) is 0 Å². The van der Waals surface area contributed by atoms with Gasteiger partial charge in [0.05, 0.1) is 19.3 Å². The molecule has 16 heavy (non-hydrogen) atoms. The Morgan fingerprint density at radius 1 is 1.25 bits per heavy atom. The summed E-state index contributed by atoms with van der Waals surface area (Å²) in [6.07, 6.45) is -0.735. The van der Waals surface area contributed by atoms with E-state index in [0.29, 0.717) is 0 Å². The number of aliphatic hydroxyl groups is 3.